The predicted octanol–water partition coefficient (Wildman–Crippen LogP) is 4.64. The standard InChI is InChI=1S/C19H23F3O4S/c1-26-18(23)15(11-13-7-5-3-4-6-8-13)14-9-10-17(27(2,24)25)16(12-14)19(20,21)22/h9-13H,3-8H2,1-2H3. The average Bonchev–Trinajstić information content (AvgIpc) is 2.85. The molecule has 0 heterocycles. The first-order chi connectivity index (χ1) is 12.5. The molecule has 4 nitrogen and oxygen atoms in total. The zero-order valence-corrected chi connectivity index (χ0v) is 16.1. The van der Waals surface area contributed by atoms with E-state index in [4.69, 9.17) is 4.74 Å². The summed E-state index contributed by atoms with van der Waals surface area (Å²) in [7, 11) is -2.91. The van der Waals surface area contributed by atoms with E-state index in [2.05, 4.69) is 0 Å². The minimum atomic E-state index is -4.86. The van der Waals surface area contributed by atoms with Crippen LogP contribution < -0.4 is 0 Å². The third kappa shape index (κ3) is 5.57. The number of rotatable bonds is 4. The molecule has 2 rings (SSSR count). The van der Waals surface area contributed by atoms with Crippen LogP contribution in [0.25, 0.3) is 5.57 Å². The molecule has 1 saturated carbocycles. The lowest BCUT2D eigenvalue weighted by Gasteiger charge is -2.16. The largest absolute Gasteiger partial charge is 0.465 e. The molecule has 1 aromatic rings. The molecule has 0 aromatic heterocycles. The van der Waals surface area contributed by atoms with Crippen molar-refractivity contribution in [2.24, 2.45) is 5.92 Å². The van der Waals surface area contributed by atoms with Gasteiger partial charge in [-0.05, 0) is 36.5 Å². The van der Waals surface area contributed by atoms with E-state index < -0.39 is 32.4 Å². The molecule has 0 radical (unpaired) electrons. The van der Waals surface area contributed by atoms with Gasteiger partial charge in [-0.15, -0.1) is 0 Å². The Morgan fingerprint density at radius 1 is 1.15 bits per heavy atom. The zero-order valence-electron chi connectivity index (χ0n) is 15.3. The van der Waals surface area contributed by atoms with Crippen LogP contribution in [0.15, 0.2) is 29.2 Å². The fraction of sp³-hybridized carbons (Fsp3) is 0.526. The summed E-state index contributed by atoms with van der Waals surface area (Å²) in [5.74, 6) is -0.662. The molecular weight excluding hydrogens is 381 g/mol. The van der Waals surface area contributed by atoms with E-state index in [0.29, 0.717) is 0 Å². The lowest BCUT2D eigenvalue weighted by molar-refractivity contribution is -0.140. The minimum Gasteiger partial charge on any atom is -0.465 e. The topological polar surface area (TPSA) is 60.4 Å². The van der Waals surface area contributed by atoms with Crippen LogP contribution in [0.5, 0.6) is 0 Å². The summed E-state index contributed by atoms with van der Waals surface area (Å²) >= 11 is 0. The van der Waals surface area contributed by atoms with Crippen molar-refractivity contribution in [3.8, 4) is 0 Å². The van der Waals surface area contributed by atoms with E-state index in [1.165, 1.54) is 13.2 Å². The van der Waals surface area contributed by atoms with Crippen molar-refractivity contribution in [2.75, 3.05) is 13.4 Å². The Morgan fingerprint density at radius 3 is 2.22 bits per heavy atom. The van der Waals surface area contributed by atoms with Crippen LogP contribution in [0.3, 0.4) is 0 Å². The van der Waals surface area contributed by atoms with Gasteiger partial charge in [-0.25, -0.2) is 13.2 Å². The first kappa shape index (κ1) is 21.5. The number of sulfone groups is 1. The summed E-state index contributed by atoms with van der Waals surface area (Å²) in [6.45, 7) is 0. The van der Waals surface area contributed by atoms with E-state index >= 15 is 0 Å². The molecule has 0 bridgehead atoms. The molecule has 8 heteroatoms. The number of hydrogen-bond acceptors (Lipinski definition) is 4. The first-order valence-corrected chi connectivity index (χ1v) is 10.6. The molecule has 0 spiro atoms. The fourth-order valence-electron chi connectivity index (χ4n) is 3.35. The second-order valence-corrected chi connectivity index (χ2v) is 8.79. The summed E-state index contributed by atoms with van der Waals surface area (Å²) in [6, 6.07) is 2.85. The molecule has 0 amide bonds. The molecule has 0 aliphatic heterocycles. The average molecular weight is 404 g/mol. The van der Waals surface area contributed by atoms with Crippen LogP contribution in [0, 0.1) is 5.92 Å². The molecule has 1 aliphatic carbocycles. The van der Waals surface area contributed by atoms with Gasteiger partial charge in [-0.3, -0.25) is 0 Å². The van der Waals surface area contributed by atoms with E-state index in [-0.39, 0.29) is 17.1 Å². The number of alkyl halides is 3. The highest BCUT2D eigenvalue weighted by Crippen LogP contribution is 2.37. The summed E-state index contributed by atoms with van der Waals surface area (Å²) in [4.78, 5) is 11.4. The van der Waals surface area contributed by atoms with Crippen LogP contribution in [-0.2, 0) is 25.5 Å². The highest BCUT2D eigenvalue weighted by atomic mass is 32.2. The zero-order chi connectivity index (χ0) is 20.2. The van der Waals surface area contributed by atoms with Crippen LogP contribution >= 0.6 is 0 Å². The molecule has 1 fully saturated rings. The summed E-state index contributed by atoms with van der Waals surface area (Å²) in [6.07, 6.45) is 3.43. The van der Waals surface area contributed by atoms with Crippen molar-refractivity contribution in [3.05, 3.63) is 35.4 Å². The number of methoxy groups -OCH3 is 1. The van der Waals surface area contributed by atoms with Crippen LogP contribution in [-0.4, -0.2) is 27.8 Å². The number of esters is 1. The van der Waals surface area contributed by atoms with Crippen LogP contribution in [0.4, 0.5) is 13.2 Å². The van der Waals surface area contributed by atoms with Crippen molar-refractivity contribution < 1.29 is 31.1 Å². The van der Waals surface area contributed by atoms with Gasteiger partial charge in [-0.1, -0.05) is 37.8 Å². The lowest BCUT2D eigenvalue weighted by Crippen LogP contribution is -2.14. The molecule has 0 saturated heterocycles. The number of carbonyl (C=O) groups is 1. The van der Waals surface area contributed by atoms with Gasteiger partial charge in [0.2, 0.25) is 0 Å². The second-order valence-electron chi connectivity index (χ2n) is 6.80. The van der Waals surface area contributed by atoms with Crippen molar-refractivity contribution in [3.63, 3.8) is 0 Å². The third-order valence-electron chi connectivity index (χ3n) is 4.70. The van der Waals surface area contributed by atoms with Gasteiger partial charge in [-0.2, -0.15) is 13.2 Å². The number of carbonyl (C=O) groups excluding carboxylic acids is 1. The SMILES string of the molecule is COC(=O)C(=CC1CCCCCC1)c1ccc(S(C)(=O)=O)c(C(F)(F)F)c1. The van der Waals surface area contributed by atoms with E-state index in [9.17, 15) is 26.4 Å². The normalized spacial score (nSPS) is 17.4. The summed E-state index contributed by atoms with van der Waals surface area (Å²) in [5.41, 5.74) is -1.24. The first-order valence-electron chi connectivity index (χ1n) is 8.76. The molecular formula is C19H23F3O4S. The maximum Gasteiger partial charge on any atom is 0.417 e. The van der Waals surface area contributed by atoms with Gasteiger partial charge in [0.25, 0.3) is 0 Å². The Labute approximate surface area is 157 Å². The van der Waals surface area contributed by atoms with Crippen molar-refractivity contribution >= 4 is 21.4 Å². The van der Waals surface area contributed by atoms with Gasteiger partial charge < -0.3 is 4.74 Å². The Hall–Kier alpha value is -1.83. The molecule has 1 aromatic carbocycles. The summed E-state index contributed by atoms with van der Waals surface area (Å²) in [5, 5.41) is 0. The quantitative estimate of drug-likeness (QED) is 0.417. The molecule has 150 valence electrons. The van der Waals surface area contributed by atoms with Gasteiger partial charge >= 0.3 is 12.1 Å². The Morgan fingerprint density at radius 2 is 1.74 bits per heavy atom. The highest BCUT2D eigenvalue weighted by molar-refractivity contribution is 7.90. The highest BCUT2D eigenvalue weighted by Gasteiger charge is 2.37. The van der Waals surface area contributed by atoms with Gasteiger partial charge in [0, 0.05) is 6.26 Å². The monoisotopic (exact) mass is 404 g/mol. The Bertz CT molecular complexity index is 818. The van der Waals surface area contributed by atoms with E-state index in [1.54, 1.807) is 6.08 Å². The van der Waals surface area contributed by atoms with E-state index in [0.717, 1.165) is 56.9 Å². The maximum atomic E-state index is 13.4. The maximum absolute atomic E-state index is 13.4. The molecule has 27 heavy (non-hydrogen) atoms. The smallest absolute Gasteiger partial charge is 0.417 e. The minimum absolute atomic E-state index is 0.00539. The number of benzene rings is 1. The van der Waals surface area contributed by atoms with Crippen LogP contribution in [0.1, 0.15) is 49.7 Å². The van der Waals surface area contributed by atoms with Gasteiger partial charge in [0.15, 0.2) is 9.84 Å². The number of allylic oxidation sites excluding steroid dienone is 1. The Kier molecular flexibility index (Phi) is 6.72. The van der Waals surface area contributed by atoms with Gasteiger partial charge in [0.05, 0.1) is 23.1 Å². The van der Waals surface area contributed by atoms with Crippen molar-refractivity contribution in [1.29, 1.82) is 0 Å². The van der Waals surface area contributed by atoms with Crippen LogP contribution in [0.2, 0.25) is 0 Å². The van der Waals surface area contributed by atoms with Gasteiger partial charge in [0.1, 0.15) is 0 Å². The second kappa shape index (κ2) is 8.46. The third-order valence-corrected chi connectivity index (χ3v) is 5.86. The fourth-order valence-corrected chi connectivity index (χ4v) is 4.24. The van der Waals surface area contributed by atoms with E-state index in [1.807, 2.05) is 0 Å². The molecule has 0 N–H and O–H groups in total. The molecule has 0 unspecified atom stereocenters. The number of halogens is 3. The molecule has 0 atom stereocenters. The lowest BCUT2D eigenvalue weighted by atomic mass is 9.93. The van der Waals surface area contributed by atoms with Crippen molar-refractivity contribution in [1.82, 2.24) is 0 Å². The molecule has 1 aliphatic rings. The van der Waals surface area contributed by atoms with Crippen molar-refractivity contribution in [2.45, 2.75) is 49.6 Å². The predicted molar refractivity (Wildman–Crippen MR) is 95.7 cm³/mol. The number of ether oxygens (including phenoxy) is 1. The summed E-state index contributed by atoms with van der Waals surface area (Å²) < 4.78 is 68.4. The number of hydrogen-bond donors (Lipinski definition) is 0. The Balaban J connectivity index is 2.57.